The molecule has 0 aromatic carbocycles. The van der Waals surface area contributed by atoms with Crippen molar-refractivity contribution in [2.24, 2.45) is 17.6 Å². The number of carbonyl (C=O) groups is 5. The molecule has 36 heavy (non-hydrogen) atoms. The normalized spacial score (nSPS) is 15.2. The Morgan fingerprint density at radius 2 is 1.64 bits per heavy atom. The minimum Gasteiger partial charge on any atom is -0.456 e. The Kier molecular flexibility index (Phi) is 16.9. The van der Waals surface area contributed by atoms with Gasteiger partial charge in [0.05, 0.1) is 6.04 Å². The molecule has 0 rings (SSSR count). The van der Waals surface area contributed by atoms with Crippen LogP contribution in [0.4, 0.5) is 0 Å². The van der Waals surface area contributed by atoms with Crippen LogP contribution in [0.15, 0.2) is 23.9 Å². The second-order valence-electron chi connectivity index (χ2n) is 8.72. The van der Waals surface area contributed by atoms with Gasteiger partial charge in [0.25, 0.3) is 5.91 Å². The van der Waals surface area contributed by atoms with Crippen molar-refractivity contribution in [3.05, 3.63) is 23.9 Å². The van der Waals surface area contributed by atoms with Gasteiger partial charge in [0, 0.05) is 12.2 Å². The van der Waals surface area contributed by atoms with Crippen LogP contribution >= 0.6 is 25.3 Å². The summed E-state index contributed by atoms with van der Waals surface area (Å²) in [6, 6.07) is -2.88. The maximum absolute atomic E-state index is 12.9. The van der Waals surface area contributed by atoms with E-state index in [4.69, 9.17) is 10.5 Å². The Morgan fingerprint density at radius 3 is 2.11 bits per heavy atom. The molecule has 4 atom stereocenters. The molecule has 0 radical (unpaired) electrons. The lowest BCUT2D eigenvalue weighted by molar-refractivity contribution is -0.152. The average molecular weight is 545 g/mol. The van der Waals surface area contributed by atoms with Crippen molar-refractivity contribution in [1.29, 1.82) is 0 Å². The van der Waals surface area contributed by atoms with Crippen molar-refractivity contribution >= 4 is 55.2 Å². The number of allylic oxidation sites excluding steroid dienone is 2. The minimum absolute atomic E-state index is 0.0267. The third-order valence-electron chi connectivity index (χ3n) is 5.08. The Bertz CT molecular complexity index is 816. The van der Waals surface area contributed by atoms with Gasteiger partial charge in [-0.15, -0.1) is 0 Å². The van der Waals surface area contributed by atoms with E-state index in [0.717, 1.165) is 0 Å². The predicted molar refractivity (Wildman–Crippen MR) is 145 cm³/mol. The molecule has 0 aliphatic carbocycles. The molecule has 0 aliphatic rings. The number of carbonyl (C=O) groups excluding carboxylic acids is 5. The van der Waals surface area contributed by atoms with Crippen molar-refractivity contribution in [3.8, 4) is 0 Å². The number of hydrogen-bond donors (Lipinski definition) is 6. The number of nitrogens with two attached hydrogens (primary N) is 1. The van der Waals surface area contributed by atoms with Gasteiger partial charge >= 0.3 is 5.97 Å². The zero-order valence-corrected chi connectivity index (χ0v) is 23.3. The lowest BCUT2D eigenvalue weighted by atomic mass is 10.0. The fraction of sp³-hybridized carbons (Fsp3) is 0.625. The lowest BCUT2D eigenvalue weighted by Crippen LogP contribution is -2.54. The van der Waals surface area contributed by atoms with Crippen LogP contribution in [0.5, 0.6) is 0 Å². The summed E-state index contributed by atoms with van der Waals surface area (Å²) >= 11 is 8.21. The summed E-state index contributed by atoms with van der Waals surface area (Å²) in [5.74, 6) is -2.53. The SMILES string of the molecule is C/C=C(\NC(=O)C(CS)NC(=O)C(N)C(C)C)C(=O)NC(C(=O)OC(/C=C/CCS)CC=O)C(C)C. The van der Waals surface area contributed by atoms with Gasteiger partial charge in [-0.25, -0.2) is 4.79 Å². The first-order chi connectivity index (χ1) is 16.9. The maximum Gasteiger partial charge on any atom is 0.329 e. The van der Waals surface area contributed by atoms with Crippen LogP contribution in [0.2, 0.25) is 0 Å². The predicted octanol–water partition coefficient (Wildman–Crippen LogP) is 0.922. The Morgan fingerprint density at radius 1 is 1.00 bits per heavy atom. The highest BCUT2D eigenvalue weighted by molar-refractivity contribution is 7.80. The molecule has 0 spiro atoms. The number of rotatable bonds is 16. The topological polar surface area (TPSA) is 157 Å². The molecular formula is C24H40N4O6S2. The highest BCUT2D eigenvalue weighted by atomic mass is 32.1. The molecule has 204 valence electrons. The molecule has 0 fully saturated rings. The fourth-order valence-corrected chi connectivity index (χ4v) is 3.17. The van der Waals surface area contributed by atoms with E-state index < -0.39 is 47.9 Å². The molecule has 10 nitrogen and oxygen atoms in total. The van der Waals surface area contributed by atoms with E-state index in [9.17, 15) is 24.0 Å². The van der Waals surface area contributed by atoms with E-state index in [-0.39, 0.29) is 29.7 Å². The molecule has 0 heterocycles. The Balaban J connectivity index is 5.37. The van der Waals surface area contributed by atoms with Crippen LogP contribution in [0.25, 0.3) is 0 Å². The summed E-state index contributed by atoms with van der Waals surface area (Å²) in [6.45, 7) is 8.52. The van der Waals surface area contributed by atoms with Crippen LogP contribution in [-0.2, 0) is 28.7 Å². The van der Waals surface area contributed by atoms with E-state index in [1.54, 1.807) is 39.8 Å². The second-order valence-corrected chi connectivity index (χ2v) is 9.53. The smallest absolute Gasteiger partial charge is 0.329 e. The average Bonchev–Trinajstić information content (AvgIpc) is 2.82. The largest absolute Gasteiger partial charge is 0.456 e. The molecule has 5 N–H and O–H groups in total. The molecule has 0 aliphatic heterocycles. The molecule has 3 amide bonds. The van der Waals surface area contributed by atoms with Crippen LogP contribution in [0.1, 0.15) is 47.5 Å². The van der Waals surface area contributed by atoms with Gasteiger partial charge < -0.3 is 31.2 Å². The van der Waals surface area contributed by atoms with Crippen molar-refractivity contribution < 1.29 is 28.7 Å². The van der Waals surface area contributed by atoms with E-state index in [1.807, 2.05) is 0 Å². The number of nitrogens with one attached hydrogen (secondary N) is 3. The molecule has 0 saturated carbocycles. The Labute approximate surface area is 224 Å². The molecule has 12 heteroatoms. The van der Waals surface area contributed by atoms with E-state index >= 15 is 0 Å². The number of aldehydes is 1. The van der Waals surface area contributed by atoms with Gasteiger partial charge in [-0.05, 0) is 37.0 Å². The zero-order valence-electron chi connectivity index (χ0n) is 21.5. The molecular weight excluding hydrogens is 504 g/mol. The standard InChI is InChI=1S/C24H40N4O6S2/c1-6-17(26-22(31)18(13-36)27-23(32)19(25)14(2)3)21(30)28-20(15(4)5)24(33)34-16(10-11-29)9-7-8-12-35/h6-7,9,11,14-16,18-20,35-36H,8,10,12-13,25H2,1-5H3,(H,26,31)(H,27,32)(H,28,30)/b9-7+,17-6-. The van der Waals surface area contributed by atoms with E-state index in [2.05, 4.69) is 41.2 Å². The van der Waals surface area contributed by atoms with Gasteiger partial charge in [0.1, 0.15) is 30.2 Å². The van der Waals surface area contributed by atoms with E-state index in [0.29, 0.717) is 18.5 Å². The summed E-state index contributed by atoms with van der Waals surface area (Å²) in [5, 5.41) is 7.55. The third-order valence-corrected chi connectivity index (χ3v) is 5.70. The minimum atomic E-state index is -1.04. The first-order valence-electron chi connectivity index (χ1n) is 11.8. The monoisotopic (exact) mass is 544 g/mol. The number of amides is 3. The first-order valence-corrected chi connectivity index (χ1v) is 13.1. The van der Waals surface area contributed by atoms with Gasteiger partial charge in [-0.1, -0.05) is 39.8 Å². The van der Waals surface area contributed by atoms with Crippen LogP contribution in [0.3, 0.4) is 0 Å². The zero-order chi connectivity index (χ0) is 27.8. The molecule has 0 aromatic rings. The molecule has 0 saturated heterocycles. The van der Waals surface area contributed by atoms with Gasteiger partial charge in [0.15, 0.2) is 0 Å². The summed E-state index contributed by atoms with van der Waals surface area (Å²) < 4.78 is 5.42. The first kappa shape index (κ1) is 33.7. The van der Waals surface area contributed by atoms with Crippen molar-refractivity contribution in [3.63, 3.8) is 0 Å². The van der Waals surface area contributed by atoms with Crippen molar-refractivity contribution in [2.45, 2.75) is 71.7 Å². The highest BCUT2D eigenvalue weighted by Gasteiger charge is 2.30. The molecule has 4 unspecified atom stereocenters. The number of esters is 1. The maximum atomic E-state index is 12.9. The Hall–Kier alpha value is -2.31. The van der Waals surface area contributed by atoms with Gasteiger partial charge in [0.2, 0.25) is 11.8 Å². The van der Waals surface area contributed by atoms with Crippen LogP contribution in [-0.4, -0.2) is 65.7 Å². The highest BCUT2D eigenvalue weighted by Crippen LogP contribution is 2.10. The summed E-state index contributed by atoms with van der Waals surface area (Å²) in [5.41, 5.74) is 5.70. The van der Waals surface area contributed by atoms with Crippen LogP contribution < -0.4 is 21.7 Å². The summed E-state index contributed by atoms with van der Waals surface area (Å²) in [6.07, 6.45) is 5.22. The number of ether oxygens (including phenoxy) is 1. The molecule has 0 bridgehead atoms. The quantitative estimate of drug-likeness (QED) is 0.0555. The second kappa shape index (κ2) is 18.0. The van der Waals surface area contributed by atoms with Gasteiger partial charge in [-0.2, -0.15) is 25.3 Å². The summed E-state index contributed by atoms with van der Waals surface area (Å²) in [4.78, 5) is 61.6. The van der Waals surface area contributed by atoms with E-state index in [1.165, 1.54) is 13.0 Å². The van der Waals surface area contributed by atoms with Gasteiger partial charge in [-0.3, -0.25) is 14.4 Å². The molecule has 0 aromatic heterocycles. The number of thiol groups is 2. The third kappa shape index (κ3) is 12.1. The van der Waals surface area contributed by atoms with Crippen molar-refractivity contribution in [2.75, 3.05) is 11.5 Å². The number of hydrogen-bond acceptors (Lipinski definition) is 9. The van der Waals surface area contributed by atoms with Crippen molar-refractivity contribution in [1.82, 2.24) is 16.0 Å². The lowest BCUT2D eigenvalue weighted by Gasteiger charge is -2.24. The summed E-state index contributed by atoms with van der Waals surface area (Å²) in [7, 11) is 0. The fourth-order valence-electron chi connectivity index (χ4n) is 2.77. The van der Waals surface area contributed by atoms with Crippen LogP contribution in [0, 0.1) is 11.8 Å².